The Kier molecular flexibility index (Phi) is 56.7. The number of carbonyl (C=O) groups excluding carboxylic acids is 2. The summed E-state index contributed by atoms with van der Waals surface area (Å²) in [6.45, 7) is 4.03. The zero-order chi connectivity index (χ0) is 57.0. The second-order valence-electron chi connectivity index (χ2n) is 22.7. The maximum absolute atomic E-state index is 12.7. The van der Waals surface area contributed by atoms with E-state index in [9.17, 15) is 19.0 Å². The molecule has 0 bridgehead atoms. The predicted molar refractivity (Wildman–Crippen MR) is 332 cm³/mol. The number of quaternary nitrogens is 1. The zero-order valence-corrected chi connectivity index (χ0v) is 52.2. The van der Waals surface area contributed by atoms with Gasteiger partial charge in [-0.25, -0.2) is 0 Å². The zero-order valence-electron chi connectivity index (χ0n) is 51.3. The van der Waals surface area contributed by atoms with Crippen LogP contribution in [0.25, 0.3) is 0 Å². The quantitative estimate of drug-likeness (QED) is 0.0195. The van der Waals surface area contributed by atoms with Gasteiger partial charge in [0.1, 0.15) is 19.8 Å². The fourth-order valence-electron chi connectivity index (χ4n) is 8.97. The number of unbranched alkanes of at least 4 members (excludes halogenated alkanes) is 31. The lowest BCUT2D eigenvalue weighted by Gasteiger charge is -2.28. The number of likely N-dealkylation sites (N-methyl/N-ethyl adjacent to an activating group) is 1. The van der Waals surface area contributed by atoms with Crippen LogP contribution in [0, 0.1) is 0 Å². The van der Waals surface area contributed by atoms with Crippen molar-refractivity contribution in [2.24, 2.45) is 0 Å². The van der Waals surface area contributed by atoms with Crippen molar-refractivity contribution in [1.29, 1.82) is 0 Å². The molecule has 0 radical (unpaired) electrons. The maximum Gasteiger partial charge on any atom is 0.306 e. The highest BCUT2D eigenvalue weighted by Crippen LogP contribution is 2.38. The van der Waals surface area contributed by atoms with Gasteiger partial charge in [-0.05, 0) is 77.0 Å². The van der Waals surface area contributed by atoms with Crippen LogP contribution in [-0.4, -0.2) is 70.0 Å². The molecule has 0 aromatic heterocycles. The van der Waals surface area contributed by atoms with Crippen LogP contribution >= 0.6 is 7.82 Å². The van der Waals surface area contributed by atoms with E-state index in [0.717, 1.165) is 57.8 Å². The molecule has 0 amide bonds. The van der Waals surface area contributed by atoms with Gasteiger partial charge < -0.3 is 27.9 Å². The van der Waals surface area contributed by atoms with E-state index in [-0.39, 0.29) is 26.1 Å². The van der Waals surface area contributed by atoms with Gasteiger partial charge >= 0.3 is 11.9 Å². The summed E-state index contributed by atoms with van der Waals surface area (Å²) < 4.78 is 34.0. The van der Waals surface area contributed by atoms with E-state index in [2.05, 4.69) is 86.8 Å². The Hall–Kier alpha value is -2.81. The lowest BCUT2D eigenvalue weighted by Crippen LogP contribution is -2.37. The summed E-state index contributed by atoms with van der Waals surface area (Å²) >= 11 is 0. The van der Waals surface area contributed by atoms with Gasteiger partial charge in [0.15, 0.2) is 6.10 Å². The number of allylic oxidation sites excluding steroid dienone is 14. The highest BCUT2D eigenvalue weighted by atomic mass is 31.2. The molecule has 0 rings (SSSR count). The van der Waals surface area contributed by atoms with Crippen molar-refractivity contribution in [3.05, 3.63) is 85.1 Å². The minimum atomic E-state index is -4.65. The van der Waals surface area contributed by atoms with Crippen LogP contribution in [0.2, 0.25) is 0 Å². The molecule has 0 aliphatic rings. The topological polar surface area (TPSA) is 111 Å². The highest BCUT2D eigenvalue weighted by molar-refractivity contribution is 7.45. The van der Waals surface area contributed by atoms with Gasteiger partial charge in [0, 0.05) is 12.8 Å². The van der Waals surface area contributed by atoms with Crippen LogP contribution in [0.1, 0.15) is 284 Å². The average molecular weight is 1110 g/mol. The van der Waals surface area contributed by atoms with Crippen molar-refractivity contribution in [3.8, 4) is 0 Å². The summed E-state index contributed by atoms with van der Waals surface area (Å²) in [6.07, 6.45) is 80.0. The number of rotatable bonds is 59. The van der Waals surface area contributed by atoms with Gasteiger partial charge in [-0.3, -0.25) is 14.2 Å². The third-order valence-electron chi connectivity index (χ3n) is 13.9. The van der Waals surface area contributed by atoms with Gasteiger partial charge in [0.05, 0.1) is 27.7 Å². The van der Waals surface area contributed by atoms with Gasteiger partial charge in [-0.1, -0.05) is 279 Å². The SMILES string of the molecule is CC/C=C\C/C=C\C/C=C\C/C=C\CCC(=O)OC(COC(=O)CCCCCCCCCCCCCCCCCCCCCCCCCCCC/C=C\C/C=C\C/C=C\CCCCCCC)COP(=O)([O-])OCC[N+](C)(C)C. The van der Waals surface area contributed by atoms with Gasteiger partial charge in [-0.15, -0.1) is 0 Å². The molecular formula is C68H122NO8P. The van der Waals surface area contributed by atoms with Crippen LogP contribution < -0.4 is 4.89 Å². The summed E-state index contributed by atoms with van der Waals surface area (Å²) in [5.41, 5.74) is 0. The first kappa shape index (κ1) is 75.2. The molecule has 452 valence electrons. The fraction of sp³-hybridized carbons (Fsp3) is 0.765. The van der Waals surface area contributed by atoms with Crippen LogP contribution in [0.4, 0.5) is 0 Å². The summed E-state index contributed by atoms with van der Waals surface area (Å²) in [6, 6.07) is 0. The minimum Gasteiger partial charge on any atom is -0.756 e. The van der Waals surface area contributed by atoms with Gasteiger partial charge in [-0.2, -0.15) is 0 Å². The van der Waals surface area contributed by atoms with Crippen molar-refractivity contribution in [1.82, 2.24) is 0 Å². The number of ether oxygens (including phenoxy) is 2. The molecule has 0 spiro atoms. The van der Waals surface area contributed by atoms with E-state index >= 15 is 0 Å². The Morgan fingerprint density at radius 2 is 0.756 bits per heavy atom. The average Bonchev–Trinajstić information content (AvgIpc) is 3.40. The second kappa shape index (κ2) is 58.8. The Morgan fingerprint density at radius 3 is 1.14 bits per heavy atom. The summed E-state index contributed by atoms with van der Waals surface area (Å²) in [5.74, 6) is -0.923. The summed E-state index contributed by atoms with van der Waals surface area (Å²) in [7, 11) is 1.12. The maximum atomic E-state index is 12.7. The first-order valence-corrected chi connectivity index (χ1v) is 33.8. The summed E-state index contributed by atoms with van der Waals surface area (Å²) in [4.78, 5) is 37.7. The molecule has 0 aromatic carbocycles. The van der Waals surface area contributed by atoms with Crippen molar-refractivity contribution in [2.75, 3.05) is 47.5 Å². The minimum absolute atomic E-state index is 0.0450. The molecule has 0 saturated carbocycles. The van der Waals surface area contributed by atoms with Crippen LogP contribution in [0.3, 0.4) is 0 Å². The van der Waals surface area contributed by atoms with Crippen molar-refractivity contribution in [2.45, 2.75) is 290 Å². The standard InChI is InChI=1S/C68H122NO8P/c1-6-8-10-12-14-16-18-20-21-22-23-24-25-26-27-28-29-30-31-32-33-34-35-36-37-38-39-40-41-42-43-44-45-46-47-49-50-52-54-56-58-60-67(70)74-64-66(65-76-78(72,73)75-63-62-69(3,4)5)77-68(71)61-59-57-55-53-51-48-19-17-15-13-11-9-7-2/h9,11,15,17-18,20,22-23,25-26,48,51,55,57,66H,6-8,10,12-14,16,19,21,24,27-47,49-50,52-54,56,58-65H2,1-5H3/b11-9-,17-15-,20-18-,23-22-,26-25-,51-48-,57-55-. The van der Waals surface area contributed by atoms with Crippen LogP contribution in [-0.2, 0) is 32.7 Å². The van der Waals surface area contributed by atoms with Crippen LogP contribution in [0.5, 0.6) is 0 Å². The van der Waals surface area contributed by atoms with Crippen molar-refractivity contribution in [3.63, 3.8) is 0 Å². The largest absolute Gasteiger partial charge is 0.756 e. The third kappa shape index (κ3) is 62.4. The molecule has 0 heterocycles. The first-order chi connectivity index (χ1) is 38.0. The number of phosphoric ester groups is 1. The smallest absolute Gasteiger partial charge is 0.306 e. The van der Waals surface area contributed by atoms with E-state index < -0.39 is 32.5 Å². The predicted octanol–water partition coefficient (Wildman–Crippen LogP) is 20.0. The third-order valence-corrected chi connectivity index (χ3v) is 14.9. The Morgan fingerprint density at radius 1 is 0.410 bits per heavy atom. The molecule has 0 aromatic rings. The summed E-state index contributed by atoms with van der Waals surface area (Å²) in [5, 5.41) is 0. The molecule has 0 N–H and O–H groups in total. The number of esters is 2. The molecule has 2 atom stereocenters. The second-order valence-corrected chi connectivity index (χ2v) is 24.2. The van der Waals surface area contributed by atoms with E-state index in [4.69, 9.17) is 18.5 Å². The van der Waals surface area contributed by atoms with Gasteiger partial charge in [0.25, 0.3) is 7.82 Å². The van der Waals surface area contributed by atoms with E-state index in [1.54, 1.807) is 0 Å². The van der Waals surface area contributed by atoms with E-state index in [0.29, 0.717) is 17.4 Å². The Labute approximate surface area is 481 Å². The number of hydrogen-bond donors (Lipinski definition) is 0. The monoisotopic (exact) mass is 1110 g/mol. The Bertz CT molecular complexity index is 1590. The van der Waals surface area contributed by atoms with Crippen molar-refractivity contribution >= 4 is 19.8 Å². The number of carbonyl (C=O) groups is 2. The van der Waals surface area contributed by atoms with Gasteiger partial charge in [0.2, 0.25) is 0 Å². The molecule has 2 unspecified atom stereocenters. The number of phosphoric acid groups is 1. The molecule has 0 fully saturated rings. The van der Waals surface area contributed by atoms with E-state index in [1.807, 2.05) is 33.3 Å². The molecule has 9 nitrogen and oxygen atoms in total. The fourth-order valence-corrected chi connectivity index (χ4v) is 9.70. The number of nitrogens with zero attached hydrogens (tertiary/aromatic N) is 1. The molecule has 10 heteroatoms. The molecular weight excluding hydrogens is 990 g/mol. The number of hydrogen-bond acceptors (Lipinski definition) is 8. The van der Waals surface area contributed by atoms with Crippen molar-refractivity contribution < 1.29 is 42.1 Å². The lowest BCUT2D eigenvalue weighted by atomic mass is 10.0. The van der Waals surface area contributed by atoms with E-state index in [1.165, 1.54) is 193 Å². The van der Waals surface area contributed by atoms with Crippen LogP contribution in [0.15, 0.2) is 85.1 Å². The molecule has 0 aliphatic heterocycles. The molecule has 0 saturated heterocycles. The normalized spacial score (nSPS) is 13.8. The highest BCUT2D eigenvalue weighted by Gasteiger charge is 2.21. The molecule has 0 aliphatic carbocycles. The molecule has 78 heavy (non-hydrogen) atoms. The lowest BCUT2D eigenvalue weighted by molar-refractivity contribution is -0.870. The Balaban J connectivity index is 3.86. The first-order valence-electron chi connectivity index (χ1n) is 32.3.